The molecule has 2 atom stereocenters. The summed E-state index contributed by atoms with van der Waals surface area (Å²) in [7, 11) is 2.21. The fraction of sp³-hybridized carbons (Fsp3) is 1.00. The summed E-state index contributed by atoms with van der Waals surface area (Å²) < 4.78 is 0. The monoisotopic (exact) mass is 213 g/mol. The van der Waals surface area contributed by atoms with Crippen molar-refractivity contribution in [2.45, 2.75) is 45.2 Å². The van der Waals surface area contributed by atoms with Crippen molar-refractivity contribution in [2.75, 3.05) is 33.2 Å². The average molecular weight is 213 g/mol. The van der Waals surface area contributed by atoms with Crippen LogP contribution in [0.15, 0.2) is 0 Å². The molecule has 1 rings (SSSR count). The number of piperidine rings is 1. The van der Waals surface area contributed by atoms with Crippen LogP contribution in [0.25, 0.3) is 0 Å². The molecular formula is C12H27N3. The van der Waals surface area contributed by atoms with Gasteiger partial charge in [0.05, 0.1) is 0 Å². The van der Waals surface area contributed by atoms with E-state index in [1.807, 2.05) is 0 Å². The highest BCUT2D eigenvalue weighted by atomic mass is 15.2. The number of likely N-dealkylation sites (N-methyl/N-ethyl adjacent to an activating group) is 1. The zero-order valence-electron chi connectivity index (χ0n) is 10.6. The maximum absolute atomic E-state index is 5.60. The van der Waals surface area contributed by atoms with Gasteiger partial charge in [0.25, 0.3) is 0 Å². The molecule has 0 aromatic heterocycles. The summed E-state index contributed by atoms with van der Waals surface area (Å²) in [6.07, 6.45) is 3.93. The van der Waals surface area contributed by atoms with E-state index in [0.717, 1.165) is 25.2 Å². The summed E-state index contributed by atoms with van der Waals surface area (Å²) in [5.41, 5.74) is 5.60. The predicted molar refractivity (Wildman–Crippen MR) is 66.0 cm³/mol. The van der Waals surface area contributed by atoms with Gasteiger partial charge < -0.3 is 10.6 Å². The van der Waals surface area contributed by atoms with Gasteiger partial charge in [-0.2, -0.15) is 0 Å². The highest BCUT2D eigenvalue weighted by Gasteiger charge is 2.24. The molecule has 1 aliphatic rings. The fourth-order valence-corrected chi connectivity index (χ4v) is 2.39. The van der Waals surface area contributed by atoms with Crippen molar-refractivity contribution in [3.05, 3.63) is 0 Å². The molecule has 15 heavy (non-hydrogen) atoms. The standard InChI is InChI=1S/C12H27N3/c1-4-11(2)15-8-5-6-12(10-15)14(3)9-7-13/h11-12H,4-10,13H2,1-3H3. The van der Waals surface area contributed by atoms with Gasteiger partial charge in [-0.15, -0.1) is 0 Å². The lowest BCUT2D eigenvalue weighted by molar-refractivity contribution is 0.0899. The molecule has 1 saturated heterocycles. The minimum Gasteiger partial charge on any atom is -0.329 e. The Bertz CT molecular complexity index is 172. The summed E-state index contributed by atoms with van der Waals surface area (Å²) in [5.74, 6) is 0. The number of nitrogens with two attached hydrogens (primary N) is 1. The van der Waals surface area contributed by atoms with E-state index < -0.39 is 0 Å². The van der Waals surface area contributed by atoms with Gasteiger partial charge in [-0.3, -0.25) is 4.90 Å². The molecule has 0 aromatic rings. The number of rotatable bonds is 5. The van der Waals surface area contributed by atoms with E-state index in [2.05, 4.69) is 30.7 Å². The summed E-state index contributed by atoms with van der Waals surface area (Å²) in [4.78, 5) is 5.05. The Hall–Kier alpha value is -0.120. The SMILES string of the molecule is CCC(C)N1CCCC(N(C)CCN)C1. The molecule has 0 bridgehead atoms. The van der Waals surface area contributed by atoms with E-state index in [4.69, 9.17) is 5.73 Å². The third-order valence-corrected chi connectivity index (χ3v) is 3.75. The molecule has 1 aliphatic heterocycles. The first-order valence-corrected chi connectivity index (χ1v) is 6.33. The second-order valence-electron chi connectivity index (χ2n) is 4.82. The van der Waals surface area contributed by atoms with Crippen molar-refractivity contribution < 1.29 is 0 Å². The van der Waals surface area contributed by atoms with E-state index in [-0.39, 0.29) is 0 Å². The van der Waals surface area contributed by atoms with E-state index in [0.29, 0.717) is 0 Å². The zero-order chi connectivity index (χ0) is 11.3. The Kier molecular flexibility index (Phi) is 5.58. The second kappa shape index (κ2) is 6.46. The summed E-state index contributed by atoms with van der Waals surface area (Å²) in [5, 5.41) is 0. The predicted octanol–water partition coefficient (Wildman–Crippen LogP) is 1.14. The minimum absolute atomic E-state index is 0.719. The molecule has 0 aromatic carbocycles. The Morgan fingerprint density at radius 1 is 1.53 bits per heavy atom. The molecular weight excluding hydrogens is 186 g/mol. The molecule has 1 heterocycles. The maximum Gasteiger partial charge on any atom is 0.0221 e. The van der Waals surface area contributed by atoms with Crippen LogP contribution in [-0.2, 0) is 0 Å². The van der Waals surface area contributed by atoms with Crippen molar-refractivity contribution in [1.29, 1.82) is 0 Å². The normalized spacial score (nSPS) is 25.8. The molecule has 2 N–H and O–H groups in total. The van der Waals surface area contributed by atoms with E-state index >= 15 is 0 Å². The fourth-order valence-electron chi connectivity index (χ4n) is 2.39. The molecule has 2 unspecified atom stereocenters. The Morgan fingerprint density at radius 3 is 2.87 bits per heavy atom. The topological polar surface area (TPSA) is 32.5 Å². The third kappa shape index (κ3) is 3.74. The highest BCUT2D eigenvalue weighted by Crippen LogP contribution is 2.17. The van der Waals surface area contributed by atoms with Crippen molar-refractivity contribution in [1.82, 2.24) is 9.80 Å². The molecule has 0 radical (unpaired) electrons. The Morgan fingerprint density at radius 2 is 2.27 bits per heavy atom. The summed E-state index contributed by atoms with van der Waals surface area (Å²) >= 11 is 0. The van der Waals surface area contributed by atoms with Crippen LogP contribution in [0, 0.1) is 0 Å². The first-order chi connectivity index (χ1) is 7.19. The molecule has 3 nitrogen and oxygen atoms in total. The van der Waals surface area contributed by atoms with Gasteiger partial charge in [0, 0.05) is 31.7 Å². The Balaban J connectivity index is 2.41. The largest absolute Gasteiger partial charge is 0.329 e. The van der Waals surface area contributed by atoms with Gasteiger partial charge in [-0.1, -0.05) is 6.92 Å². The van der Waals surface area contributed by atoms with Crippen LogP contribution >= 0.6 is 0 Å². The lowest BCUT2D eigenvalue weighted by Crippen LogP contribution is -2.50. The van der Waals surface area contributed by atoms with Gasteiger partial charge >= 0.3 is 0 Å². The van der Waals surface area contributed by atoms with E-state index in [9.17, 15) is 0 Å². The van der Waals surface area contributed by atoms with E-state index in [1.54, 1.807) is 0 Å². The van der Waals surface area contributed by atoms with Crippen LogP contribution in [0.1, 0.15) is 33.1 Å². The summed E-state index contributed by atoms with van der Waals surface area (Å²) in [6, 6.07) is 1.45. The van der Waals surface area contributed by atoms with Crippen LogP contribution < -0.4 is 5.73 Å². The van der Waals surface area contributed by atoms with Crippen LogP contribution in [0.4, 0.5) is 0 Å². The van der Waals surface area contributed by atoms with Crippen molar-refractivity contribution >= 4 is 0 Å². The van der Waals surface area contributed by atoms with E-state index in [1.165, 1.54) is 32.4 Å². The zero-order valence-corrected chi connectivity index (χ0v) is 10.6. The lowest BCUT2D eigenvalue weighted by Gasteiger charge is -2.40. The van der Waals surface area contributed by atoms with Crippen molar-refractivity contribution in [3.8, 4) is 0 Å². The second-order valence-corrected chi connectivity index (χ2v) is 4.82. The smallest absolute Gasteiger partial charge is 0.0221 e. The highest BCUT2D eigenvalue weighted by molar-refractivity contribution is 4.81. The van der Waals surface area contributed by atoms with Crippen LogP contribution in [0.2, 0.25) is 0 Å². The average Bonchev–Trinajstić information content (AvgIpc) is 2.28. The maximum atomic E-state index is 5.60. The number of nitrogens with zero attached hydrogens (tertiary/aromatic N) is 2. The number of hydrogen-bond donors (Lipinski definition) is 1. The number of likely N-dealkylation sites (tertiary alicyclic amines) is 1. The van der Waals surface area contributed by atoms with Crippen LogP contribution in [0.5, 0.6) is 0 Å². The van der Waals surface area contributed by atoms with Crippen LogP contribution in [0.3, 0.4) is 0 Å². The van der Waals surface area contributed by atoms with Gasteiger partial charge in [0.15, 0.2) is 0 Å². The van der Waals surface area contributed by atoms with Crippen LogP contribution in [-0.4, -0.2) is 55.1 Å². The van der Waals surface area contributed by atoms with Gasteiger partial charge in [-0.25, -0.2) is 0 Å². The van der Waals surface area contributed by atoms with Gasteiger partial charge in [0.2, 0.25) is 0 Å². The number of hydrogen-bond acceptors (Lipinski definition) is 3. The van der Waals surface area contributed by atoms with Crippen molar-refractivity contribution in [3.63, 3.8) is 0 Å². The van der Waals surface area contributed by atoms with Gasteiger partial charge in [0.1, 0.15) is 0 Å². The first-order valence-electron chi connectivity index (χ1n) is 6.33. The molecule has 1 fully saturated rings. The summed E-state index contributed by atoms with van der Waals surface area (Å²) in [6.45, 7) is 8.92. The lowest BCUT2D eigenvalue weighted by atomic mass is 10.0. The Labute approximate surface area is 94.6 Å². The molecule has 0 amide bonds. The van der Waals surface area contributed by atoms with Gasteiger partial charge in [-0.05, 0) is 39.8 Å². The molecule has 0 saturated carbocycles. The molecule has 90 valence electrons. The quantitative estimate of drug-likeness (QED) is 0.743. The molecule has 0 aliphatic carbocycles. The van der Waals surface area contributed by atoms with Crippen molar-refractivity contribution in [2.24, 2.45) is 5.73 Å². The third-order valence-electron chi connectivity index (χ3n) is 3.75. The molecule has 3 heteroatoms. The molecule has 0 spiro atoms. The minimum atomic E-state index is 0.719. The first kappa shape index (κ1) is 12.9.